The Labute approximate surface area is 132 Å². The highest BCUT2D eigenvalue weighted by Crippen LogP contribution is 2.29. The lowest BCUT2D eigenvalue weighted by Crippen LogP contribution is -2.14. The van der Waals surface area contributed by atoms with Crippen LogP contribution < -0.4 is 5.32 Å². The summed E-state index contributed by atoms with van der Waals surface area (Å²) in [6, 6.07) is 6.68. The van der Waals surface area contributed by atoms with Crippen molar-refractivity contribution >= 4 is 34.7 Å². The number of benzene rings is 1. The number of thiazole rings is 1. The maximum Gasteiger partial charge on any atom is 0.234 e. The molecule has 0 aliphatic carbocycles. The van der Waals surface area contributed by atoms with E-state index in [0.29, 0.717) is 5.69 Å². The van der Waals surface area contributed by atoms with Gasteiger partial charge in [-0.3, -0.25) is 4.79 Å². The first kappa shape index (κ1) is 15.9. The van der Waals surface area contributed by atoms with Crippen LogP contribution in [-0.2, 0) is 10.2 Å². The van der Waals surface area contributed by atoms with E-state index in [1.165, 1.54) is 11.8 Å². The number of amides is 1. The Kier molecular flexibility index (Phi) is 4.90. The molecule has 2 rings (SSSR count). The molecule has 1 amide bonds. The summed E-state index contributed by atoms with van der Waals surface area (Å²) in [5, 5.41) is 14.3. The van der Waals surface area contributed by atoms with Crippen molar-refractivity contribution < 1.29 is 9.90 Å². The van der Waals surface area contributed by atoms with Gasteiger partial charge in [-0.1, -0.05) is 44.7 Å². The van der Waals surface area contributed by atoms with Crippen molar-refractivity contribution in [2.75, 3.05) is 11.1 Å². The van der Waals surface area contributed by atoms with Crippen molar-refractivity contribution in [3.05, 3.63) is 35.3 Å². The van der Waals surface area contributed by atoms with E-state index in [9.17, 15) is 9.90 Å². The Morgan fingerprint density at radius 3 is 2.71 bits per heavy atom. The van der Waals surface area contributed by atoms with Crippen LogP contribution in [0.4, 0.5) is 5.69 Å². The van der Waals surface area contributed by atoms with E-state index in [4.69, 9.17) is 0 Å². The van der Waals surface area contributed by atoms with E-state index in [1.807, 2.05) is 5.38 Å². The zero-order valence-corrected chi connectivity index (χ0v) is 13.8. The largest absolute Gasteiger partial charge is 0.506 e. The molecule has 0 atom stereocenters. The Morgan fingerprint density at radius 2 is 2.10 bits per heavy atom. The van der Waals surface area contributed by atoms with Crippen molar-refractivity contribution in [2.45, 2.75) is 30.5 Å². The molecule has 1 aromatic carbocycles. The molecule has 1 heterocycles. The van der Waals surface area contributed by atoms with Crippen LogP contribution in [0.2, 0.25) is 0 Å². The van der Waals surface area contributed by atoms with Crippen molar-refractivity contribution in [1.29, 1.82) is 0 Å². The fourth-order valence-corrected chi connectivity index (χ4v) is 3.41. The molecule has 2 N–H and O–H groups in total. The Bertz CT molecular complexity index is 633. The van der Waals surface area contributed by atoms with Crippen LogP contribution in [0.5, 0.6) is 5.75 Å². The number of thioether (sulfide) groups is 1. The van der Waals surface area contributed by atoms with E-state index < -0.39 is 0 Å². The van der Waals surface area contributed by atoms with Gasteiger partial charge in [-0.2, -0.15) is 0 Å². The van der Waals surface area contributed by atoms with Crippen LogP contribution in [0.1, 0.15) is 26.5 Å². The third-order valence-corrected chi connectivity index (χ3v) is 4.78. The summed E-state index contributed by atoms with van der Waals surface area (Å²) in [6.45, 7) is 6.34. The average molecular weight is 322 g/mol. The van der Waals surface area contributed by atoms with E-state index in [0.717, 1.165) is 10.0 Å². The van der Waals surface area contributed by atoms with Gasteiger partial charge in [0.2, 0.25) is 5.91 Å². The van der Waals surface area contributed by atoms with Crippen molar-refractivity contribution in [3.63, 3.8) is 0 Å². The van der Waals surface area contributed by atoms with Gasteiger partial charge in [-0.15, -0.1) is 11.3 Å². The summed E-state index contributed by atoms with van der Waals surface area (Å²) >= 11 is 2.95. The minimum absolute atomic E-state index is 0.0212. The number of hydrogen-bond acceptors (Lipinski definition) is 5. The normalized spacial score (nSPS) is 11.4. The molecule has 2 aromatic rings. The van der Waals surface area contributed by atoms with Gasteiger partial charge in [0.05, 0.1) is 17.1 Å². The van der Waals surface area contributed by atoms with Crippen LogP contribution in [0.25, 0.3) is 0 Å². The van der Waals surface area contributed by atoms with E-state index in [2.05, 4.69) is 31.1 Å². The average Bonchev–Trinajstić information content (AvgIpc) is 2.88. The van der Waals surface area contributed by atoms with Gasteiger partial charge < -0.3 is 10.4 Å². The van der Waals surface area contributed by atoms with Gasteiger partial charge in [0.15, 0.2) is 4.34 Å². The summed E-state index contributed by atoms with van der Waals surface area (Å²) in [7, 11) is 0. The highest BCUT2D eigenvalue weighted by atomic mass is 32.2. The SMILES string of the molecule is CC(C)(C)c1csc(SCC(=O)Nc2ccccc2O)n1. The number of rotatable bonds is 4. The van der Waals surface area contributed by atoms with E-state index in [1.54, 1.807) is 35.6 Å². The lowest BCUT2D eigenvalue weighted by Gasteiger charge is -2.14. The second-order valence-corrected chi connectivity index (χ2v) is 7.68. The lowest BCUT2D eigenvalue weighted by atomic mass is 9.93. The number of aromatic nitrogens is 1. The van der Waals surface area contributed by atoms with Crippen molar-refractivity contribution in [3.8, 4) is 5.75 Å². The number of phenolic OH excluding ortho intramolecular Hbond substituents is 1. The second-order valence-electron chi connectivity index (χ2n) is 5.60. The fraction of sp³-hybridized carbons (Fsp3) is 0.333. The standard InChI is InChI=1S/C15H18N2O2S2/c1-15(2,3)12-8-20-14(17-12)21-9-13(19)16-10-6-4-5-7-11(10)18/h4-8,18H,9H2,1-3H3,(H,16,19). The molecule has 0 fully saturated rings. The smallest absolute Gasteiger partial charge is 0.234 e. The third kappa shape index (κ3) is 4.47. The molecule has 4 nitrogen and oxygen atoms in total. The summed E-state index contributed by atoms with van der Waals surface area (Å²) in [6.07, 6.45) is 0. The summed E-state index contributed by atoms with van der Waals surface area (Å²) in [5.74, 6) is 0.181. The second kappa shape index (κ2) is 6.49. The molecular weight excluding hydrogens is 304 g/mol. The minimum Gasteiger partial charge on any atom is -0.506 e. The number of anilines is 1. The topological polar surface area (TPSA) is 62.2 Å². The zero-order valence-electron chi connectivity index (χ0n) is 12.2. The molecule has 0 radical (unpaired) electrons. The molecule has 0 bridgehead atoms. The van der Waals surface area contributed by atoms with Gasteiger partial charge in [-0.05, 0) is 12.1 Å². The molecule has 6 heteroatoms. The number of para-hydroxylation sites is 2. The van der Waals surface area contributed by atoms with Gasteiger partial charge in [0, 0.05) is 10.8 Å². The molecule has 0 saturated carbocycles. The lowest BCUT2D eigenvalue weighted by molar-refractivity contribution is -0.113. The van der Waals surface area contributed by atoms with Crippen LogP contribution in [0.3, 0.4) is 0 Å². The zero-order chi connectivity index (χ0) is 15.5. The number of carbonyl (C=O) groups is 1. The van der Waals surface area contributed by atoms with Crippen LogP contribution in [0.15, 0.2) is 34.0 Å². The van der Waals surface area contributed by atoms with Crippen LogP contribution >= 0.6 is 23.1 Å². The first-order chi connectivity index (χ1) is 9.86. The molecule has 0 saturated heterocycles. The first-order valence-electron chi connectivity index (χ1n) is 6.53. The van der Waals surface area contributed by atoms with Gasteiger partial charge in [0.25, 0.3) is 0 Å². The summed E-state index contributed by atoms with van der Waals surface area (Å²) < 4.78 is 0.882. The molecule has 1 aromatic heterocycles. The predicted molar refractivity (Wildman–Crippen MR) is 88.3 cm³/mol. The van der Waals surface area contributed by atoms with Crippen LogP contribution in [-0.4, -0.2) is 21.8 Å². The van der Waals surface area contributed by atoms with Gasteiger partial charge in [0.1, 0.15) is 5.75 Å². The van der Waals surface area contributed by atoms with Crippen molar-refractivity contribution in [1.82, 2.24) is 4.98 Å². The third-order valence-electron chi connectivity index (χ3n) is 2.76. The molecule has 0 unspecified atom stereocenters. The molecule has 112 valence electrons. The molecular formula is C15H18N2O2S2. The number of phenols is 1. The fourth-order valence-electron chi connectivity index (χ4n) is 1.56. The maximum atomic E-state index is 11.9. The number of aromatic hydroxyl groups is 1. The van der Waals surface area contributed by atoms with Gasteiger partial charge in [-0.25, -0.2) is 4.98 Å². The van der Waals surface area contributed by atoms with E-state index in [-0.39, 0.29) is 22.8 Å². The highest BCUT2D eigenvalue weighted by molar-refractivity contribution is 8.01. The quantitative estimate of drug-likeness (QED) is 0.662. The van der Waals surface area contributed by atoms with Crippen LogP contribution in [0, 0.1) is 0 Å². The van der Waals surface area contributed by atoms with Crippen molar-refractivity contribution in [2.24, 2.45) is 0 Å². The number of nitrogens with zero attached hydrogens (tertiary/aromatic N) is 1. The Balaban J connectivity index is 1.90. The molecule has 0 aliphatic heterocycles. The number of hydrogen-bond donors (Lipinski definition) is 2. The summed E-state index contributed by atoms with van der Waals surface area (Å²) in [4.78, 5) is 16.4. The Hall–Kier alpha value is -1.53. The number of carbonyl (C=O) groups excluding carboxylic acids is 1. The Morgan fingerprint density at radius 1 is 1.38 bits per heavy atom. The van der Waals surface area contributed by atoms with Gasteiger partial charge >= 0.3 is 0 Å². The van der Waals surface area contributed by atoms with E-state index >= 15 is 0 Å². The first-order valence-corrected chi connectivity index (χ1v) is 8.39. The maximum absolute atomic E-state index is 11.9. The molecule has 0 aliphatic rings. The number of nitrogens with one attached hydrogen (secondary N) is 1. The monoisotopic (exact) mass is 322 g/mol. The highest BCUT2D eigenvalue weighted by Gasteiger charge is 2.18. The summed E-state index contributed by atoms with van der Waals surface area (Å²) in [5.41, 5.74) is 1.49. The minimum atomic E-state index is -0.158. The predicted octanol–water partition coefficient (Wildman–Crippen LogP) is 3.88. The molecule has 21 heavy (non-hydrogen) atoms. The molecule has 0 spiro atoms.